The van der Waals surface area contributed by atoms with Gasteiger partial charge in [0.2, 0.25) is 0 Å². The van der Waals surface area contributed by atoms with Crippen LogP contribution in [-0.4, -0.2) is 29.2 Å². The summed E-state index contributed by atoms with van der Waals surface area (Å²) in [7, 11) is 0. The molecule has 0 spiro atoms. The van der Waals surface area contributed by atoms with Gasteiger partial charge in [-0.1, -0.05) is 30.3 Å². The molecule has 22 heavy (non-hydrogen) atoms. The summed E-state index contributed by atoms with van der Waals surface area (Å²) in [5, 5.41) is 10.3. The van der Waals surface area contributed by atoms with Gasteiger partial charge in [-0.2, -0.15) is 4.79 Å². The molecule has 0 aliphatic rings. The highest BCUT2D eigenvalue weighted by atomic mass is 16.3. The lowest BCUT2D eigenvalue weighted by Crippen LogP contribution is -2.25. The van der Waals surface area contributed by atoms with Gasteiger partial charge in [0.05, 0.1) is 11.7 Å². The van der Waals surface area contributed by atoms with E-state index >= 15 is 0 Å². The predicted octanol–water partition coefficient (Wildman–Crippen LogP) is 3.29. The molecule has 0 aliphatic carbocycles. The maximum absolute atomic E-state index is 10.3. The topological polar surface area (TPSA) is 59.9 Å². The van der Waals surface area contributed by atoms with Crippen molar-refractivity contribution in [1.29, 1.82) is 0 Å². The first kappa shape index (κ1) is 16.0. The van der Waals surface area contributed by atoms with Crippen molar-refractivity contribution in [2.45, 2.75) is 19.4 Å². The summed E-state index contributed by atoms with van der Waals surface area (Å²) < 4.78 is 0. The van der Waals surface area contributed by atoms with Gasteiger partial charge in [-0.3, -0.25) is 0 Å². The number of anilines is 1. The molecule has 0 fully saturated rings. The predicted molar refractivity (Wildman–Crippen MR) is 89.1 cm³/mol. The van der Waals surface area contributed by atoms with Gasteiger partial charge < -0.3 is 15.5 Å². The molecular formula is C18H21N3O. The molecule has 0 aromatic heterocycles. The van der Waals surface area contributed by atoms with Crippen molar-refractivity contribution in [3.8, 4) is 0 Å². The first-order valence-electron chi connectivity index (χ1n) is 7.50. The van der Waals surface area contributed by atoms with E-state index < -0.39 is 6.10 Å². The second-order valence-electron chi connectivity index (χ2n) is 5.13. The van der Waals surface area contributed by atoms with E-state index in [0.29, 0.717) is 6.42 Å². The molecule has 1 N–H and O–H groups in total. The summed E-state index contributed by atoms with van der Waals surface area (Å²) in [5.41, 5.74) is 11.3. The lowest BCUT2D eigenvalue weighted by atomic mass is 10.0. The molecule has 0 radical (unpaired) electrons. The monoisotopic (exact) mass is 295 g/mol. The smallest absolute Gasteiger partial charge is 0.287 e. The van der Waals surface area contributed by atoms with Crippen LogP contribution in [0.3, 0.4) is 0 Å². The summed E-state index contributed by atoms with van der Waals surface area (Å²) in [4.78, 5) is 5.24. The molecule has 2 aromatic carbocycles. The van der Waals surface area contributed by atoms with Crippen molar-refractivity contribution in [3.63, 3.8) is 0 Å². The van der Waals surface area contributed by atoms with Gasteiger partial charge in [0.15, 0.2) is 0 Å². The average molecular weight is 295 g/mol. The summed E-state index contributed by atoms with van der Waals surface area (Å²) >= 11 is 0. The second kappa shape index (κ2) is 8.13. The van der Waals surface area contributed by atoms with Crippen LogP contribution in [0.25, 0.3) is 5.53 Å². The fourth-order valence-electron chi connectivity index (χ4n) is 2.42. The maximum Gasteiger partial charge on any atom is 0.287 e. The van der Waals surface area contributed by atoms with E-state index in [-0.39, 0.29) is 0 Å². The number of nitrogens with zero attached hydrogens (tertiary/aromatic N) is 3. The molecule has 0 amide bonds. The van der Waals surface area contributed by atoms with E-state index in [1.54, 1.807) is 0 Å². The van der Waals surface area contributed by atoms with Gasteiger partial charge in [0.1, 0.15) is 0 Å². The first-order chi connectivity index (χ1) is 10.7. The molecule has 2 rings (SSSR count). The van der Waals surface area contributed by atoms with E-state index in [9.17, 15) is 5.11 Å². The van der Waals surface area contributed by atoms with Gasteiger partial charge in [-0.15, -0.1) is 0 Å². The Bertz CT molecular complexity index is 619. The zero-order valence-electron chi connectivity index (χ0n) is 12.8. The SMILES string of the molecule is CCN(CCC(O)c1ccc(C=[N+]=[N-])cc1)c1ccccc1. The lowest BCUT2D eigenvalue weighted by molar-refractivity contribution is 0.00455. The number of aliphatic hydroxyl groups excluding tert-OH is 1. The molecule has 0 saturated carbocycles. The molecule has 0 heterocycles. The fraction of sp³-hybridized carbons (Fsp3) is 0.278. The van der Waals surface area contributed by atoms with Crippen molar-refractivity contribution in [1.82, 2.24) is 0 Å². The quantitative estimate of drug-likeness (QED) is 0.484. The molecule has 4 nitrogen and oxygen atoms in total. The zero-order chi connectivity index (χ0) is 15.8. The fourth-order valence-corrected chi connectivity index (χ4v) is 2.42. The Balaban J connectivity index is 1.96. The van der Waals surface area contributed by atoms with Gasteiger partial charge in [0.25, 0.3) is 6.21 Å². The minimum Gasteiger partial charge on any atom is -0.388 e. The Morgan fingerprint density at radius 2 is 1.82 bits per heavy atom. The Morgan fingerprint density at radius 3 is 2.41 bits per heavy atom. The number of aliphatic hydroxyl groups is 1. The molecular weight excluding hydrogens is 274 g/mol. The third kappa shape index (κ3) is 4.29. The summed E-state index contributed by atoms with van der Waals surface area (Å²) in [6.07, 6.45) is 1.53. The normalized spacial score (nSPS) is 11.5. The number of hydrogen-bond acceptors (Lipinski definition) is 2. The molecule has 0 aliphatic heterocycles. The van der Waals surface area contributed by atoms with Crippen LogP contribution in [0.1, 0.15) is 30.6 Å². The largest absolute Gasteiger partial charge is 0.388 e. The third-order valence-electron chi connectivity index (χ3n) is 3.70. The highest BCUT2D eigenvalue weighted by Crippen LogP contribution is 2.20. The molecule has 1 unspecified atom stereocenters. The molecule has 2 aromatic rings. The van der Waals surface area contributed by atoms with Crippen LogP contribution >= 0.6 is 0 Å². The van der Waals surface area contributed by atoms with Gasteiger partial charge in [-0.05, 0) is 43.2 Å². The Kier molecular flexibility index (Phi) is 5.90. The van der Waals surface area contributed by atoms with E-state index in [0.717, 1.165) is 24.2 Å². The molecule has 114 valence electrons. The van der Waals surface area contributed by atoms with E-state index in [4.69, 9.17) is 5.53 Å². The maximum atomic E-state index is 10.3. The second-order valence-corrected chi connectivity index (χ2v) is 5.13. The Hall–Kier alpha value is -2.42. The number of para-hydroxylation sites is 1. The van der Waals surface area contributed by atoms with Crippen molar-refractivity contribution < 1.29 is 9.90 Å². The van der Waals surface area contributed by atoms with Crippen molar-refractivity contribution in [2.24, 2.45) is 0 Å². The van der Waals surface area contributed by atoms with Crippen molar-refractivity contribution in [2.75, 3.05) is 18.0 Å². The van der Waals surface area contributed by atoms with E-state index in [1.165, 1.54) is 11.9 Å². The summed E-state index contributed by atoms with van der Waals surface area (Å²) in [5.74, 6) is 0. The molecule has 0 bridgehead atoms. The Morgan fingerprint density at radius 1 is 1.14 bits per heavy atom. The van der Waals surface area contributed by atoms with E-state index in [2.05, 4.69) is 28.7 Å². The van der Waals surface area contributed by atoms with Crippen LogP contribution < -0.4 is 4.90 Å². The summed E-state index contributed by atoms with van der Waals surface area (Å²) in [6, 6.07) is 17.6. The first-order valence-corrected chi connectivity index (χ1v) is 7.50. The van der Waals surface area contributed by atoms with Crippen LogP contribution in [0.15, 0.2) is 54.6 Å². The van der Waals surface area contributed by atoms with Crippen LogP contribution in [0.4, 0.5) is 5.69 Å². The average Bonchev–Trinajstić information content (AvgIpc) is 2.57. The van der Waals surface area contributed by atoms with Crippen molar-refractivity contribution in [3.05, 3.63) is 71.3 Å². The molecule has 4 heteroatoms. The number of hydrogen-bond donors (Lipinski definition) is 1. The third-order valence-corrected chi connectivity index (χ3v) is 3.70. The van der Waals surface area contributed by atoms with Gasteiger partial charge in [0, 0.05) is 18.8 Å². The highest BCUT2D eigenvalue weighted by Gasteiger charge is 2.11. The minimum absolute atomic E-state index is 0.502. The van der Waals surface area contributed by atoms with Crippen LogP contribution in [0, 0.1) is 0 Å². The van der Waals surface area contributed by atoms with Crippen LogP contribution in [0.5, 0.6) is 0 Å². The summed E-state index contributed by atoms with van der Waals surface area (Å²) in [6.45, 7) is 3.81. The zero-order valence-corrected chi connectivity index (χ0v) is 12.8. The lowest BCUT2D eigenvalue weighted by Gasteiger charge is -2.24. The van der Waals surface area contributed by atoms with Crippen molar-refractivity contribution >= 4 is 11.9 Å². The van der Waals surface area contributed by atoms with E-state index in [1.807, 2.05) is 42.5 Å². The van der Waals surface area contributed by atoms with Gasteiger partial charge in [-0.25, -0.2) is 0 Å². The van der Waals surface area contributed by atoms with Crippen LogP contribution in [-0.2, 0) is 0 Å². The molecule has 1 atom stereocenters. The van der Waals surface area contributed by atoms with Gasteiger partial charge >= 0.3 is 0 Å². The number of benzene rings is 2. The molecule has 0 saturated heterocycles. The standard InChI is InChI=1S/C18H21N3O/c1-2-21(17-6-4-3-5-7-17)13-12-18(22)16-10-8-15(9-11-16)14-20-19/h3-11,14,18,22H,2,12-13H2,1H3. The van der Waals surface area contributed by atoms with Crippen LogP contribution in [0.2, 0.25) is 0 Å². The minimum atomic E-state index is -0.502. The Labute approximate surface area is 131 Å². The highest BCUT2D eigenvalue weighted by molar-refractivity contribution is 5.74. The number of rotatable bonds is 7.